The number of aliphatic hydroxyl groups is 1. The summed E-state index contributed by atoms with van der Waals surface area (Å²) in [5.74, 6) is 0.322. The van der Waals surface area contributed by atoms with Gasteiger partial charge in [-0.25, -0.2) is 0 Å². The van der Waals surface area contributed by atoms with E-state index in [-0.39, 0.29) is 18.5 Å². The van der Waals surface area contributed by atoms with Crippen LogP contribution in [0.2, 0.25) is 0 Å². The van der Waals surface area contributed by atoms with E-state index in [0.29, 0.717) is 12.5 Å². The second kappa shape index (κ2) is 4.77. The Labute approximate surface area is 89.5 Å². The van der Waals surface area contributed by atoms with Crippen LogP contribution in [-0.4, -0.2) is 34.5 Å². The van der Waals surface area contributed by atoms with Crippen LogP contribution in [0.5, 0.6) is 0 Å². The highest BCUT2D eigenvalue weighted by Crippen LogP contribution is 2.14. The number of halogens is 1. The largest absolute Gasteiger partial charge is 0.391 e. The van der Waals surface area contributed by atoms with Gasteiger partial charge in [-0.2, -0.15) is 5.10 Å². The Balaban J connectivity index is 0.000000980. The van der Waals surface area contributed by atoms with Crippen LogP contribution in [-0.2, 0) is 6.42 Å². The van der Waals surface area contributed by atoms with Gasteiger partial charge in [0, 0.05) is 24.7 Å². The third-order valence-electron chi connectivity index (χ3n) is 2.53. The van der Waals surface area contributed by atoms with Crippen molar-refractivity contribution in [1.29, 1.82) is 0 Å². The van der Waals surface area contributed by atoms with Crippen molar-refractivity contribution < 1.29 is 5.11 Å². The molecular weight excluding hydrogens is 202 g/mol. The maximum atomic E-state index is 9.56. The first-order chi connectivity index (χ1) is 6.25. The van der Waals surface area contributed by atoms with E-state index in [1.807, 2.05) is 13.0 Å². The molecule has 2 rings (SSSR count). The lowest BCUT2D eigenvalue weighted by Gasteiger charge is -2.10. The maximum absolute atomic E-state index is 9.56. The Bertz CT molecular complexity index is 289. The van der Waals surface area contributed by atoms with E-state index >= 15 is 0 Å². The number of aryl methyl sites for hydroxylation is 1. The first-order valence-electron chi connectivity index (χ1n) is 4.65. The van der Waals surface area contributed by atoms with Gasteiger partial charge in [-0.05, 0) is 19.4 Å². The predicted octanol–water partition coefficient (Wildman–Crippen LogP) is 0.263. The average molecular weight is 218 g/mol. The molecule has 0 saturated carbocycles. The van der Waals surface area contributed by atoms with Gasteiger partial charge in [-0.15, -0.1) is 12.4 Å². The highest BCUT2D eigenvalue weighted by molar-refractivity contribution is 5.85. The number of hydrogen-bond donors (Lipinski definition) is 3. The topological polar surface area (TPSA) is 60.9 Å². The summed E-state index contributed by atoms with van der Waals surface area (Å²) in [6.45, 7) is 3.60. The predicted molar refractivity (Wildman–Crippen MR) is 56.6 cm³/mol. The maximum Gasteiger partial charge on any atom is 0.0708 e. The van der Waals surface area contributed by atoms with E-state index < -0.39 is 0 Å². The zero-order chi connectivity index (χ0) is 9.26. The molecule has 3 N–H and O–H groups in total. The third kappa shape index (κ3) is 2.47. The van der Waals surface area contributed by atoms with Crippen molar-refractivity contribution in [2.75, 3.05) is 13.1 Å². The van der Waals surface area contributed by atoms with Crippen LogP contribution in [0.3, 0.4) is 0 Å². The van der Waals surface area contributed by atoms with Crippen LogP contribution in [0, 0.1) is 12.8 Å². The minimum Gasteiger partial charge on any atom is -0.391 e. The fourth-order valence-electron chi connectivity index (χ4n) is 1.78. The first-order valence-corrected chi connectivity index (χ1v) is 4.65. The summed E-state index contributed by atoms with van der Waals surface area (Å²) >= 11 is 0. The number of nitrogens with one attached hydrogen (secondary N) is 2. The SMILES string of the molecule is Cc1cc(C[C@@H]2CNC[C@@H]2O)n[nH]1.Cl. The minimum atomic E-state index is -0.211. The molecule has 14 heavy (non-hydrogen) atoms. The zero-order valence-corrected chi connectivity index (χ0v) is 8.97. The lowest BCUT2D eigenvalue weighted by molar-refractivity contribution is 0.147. The molecule has 0 bridgehead atoms. The van der Waals surface area contributed by atoms with E-state index in [1.54, 1.807) is 0 Å². The van der Waals surface area contributed by atoms with Gasteiger partial charge >= 0.3 is 0 Å². The monoisotopic (exact) mass is 217 g/mol. The van der Waals surface area contributed by atoms with E-state index in [2.05, 4.69) is 15.5 Å². The molecule has 0 aliphatic carbocycles. The van der Waals surface area contributed by atoms with E-state index in [1.165, 1.54) is 0 Å². The number of nitrogens with zero attached hydrogens (tertiary/aromatic N) is 1. The summed E-state index contributed by atoms with van der Waals surface area (Å²) < 4.78 is 0. The normalized spacial score (nSPS) is 26.1. The lowest BCUT2D eigenvalue weighted by Crippen LogP contribution is -2.20. The summed E-state index contributed by atoms with van der Waals surface area (Å²) in [7, 11) is 0. The van der Waals surface area contributed by atoms with Gasteiger partial charge in [-0.1, -0.05) is 0 Å². The Kier molecular flexibility index (Phi) is 3.92. The van der Waals surface area contributed by atoms with Gasteiger partial charge in [0.05, 0.1) is 11.8 Å². The van der Waals surface area contributed by atoms with Crippen LogP contribution in [0.15, 0.2) is 6.07 Å². The Morgan fingerprint density at radius 3 is 2.86 bits per heavy atom. The Morgan fingerprint density at radius 1 is 1.57 bits per heavy atom. The zero-order valence-electron chi connectivity index (χ0n) is 8.16. The van der Waals surface area contributed by atoms with Gasteiger partial charge in [0.25, 0.3) is 0 Å². The molecule has 0 spiro atoms. The molecule has 2 heterocycles. The van der Waals surface area contributed by atoms with Crippen LogP contribution < -0.4 is 5.32 Å². The van der Waals surface area contributed by atoms with Crippen molar-refractivity contribution in [3.63, 3.8) is 0 Å². The third-order valence-corrected chi connectivity index (χ3v) is 2.53. The minimum absolute atomic E-state index is 0. The number of hydrogen-bond acceptors (Lipinski definition) is 3. The molecule has 0 radical (unpaired) electrons. The standard InChI is InChI=1S/C9H15N3O.ClH/c1-6-2-8(12-11-6)3-7-4-10-5-9(7)13;/h2,7,9-10,13H,3-5H2,1H3,(H,11,12);1H/t7-,9+;/m1./s1. The molecule has 1 aliphatic heterocycles. The second-order valence-corrected chi connectivity index (χ2v) is 3.73. The molecule has 0 amide bonds. The van der Waals surface area contributed by atoms with E-state index in [9.17, 15) is 5.11 Å². The molecule has 1 aliphatic rings. The summed E-state index contributed by atoms with van der Waals surface area (Å²) in [6.07, 6.45) is 0.649. The smallest absolute Gasteiger partial charge is 0.0708 e. The van der Waals surface area contributed by atoms with Crippen molar-refractivity contribution in [2.45, 2.75) is 19.4 Å². The molecule has 4 nitrogen and oxygen atoms in total. The number of rotatable bonds is 2. The molecule has 2 atom stereocenters. The van der Waals surface area contributed by atoms with Crippen molar-refractivity contribution in [3.05, 3.63) is 17.5 Å². The number of aliphatic hydroxyl groups excluding tert-OH is 1. The summed E-state index contributed by atoms with van der Waals surface area (Å²) in [6, 6.07) is 2.03. The molecule has 1 saturated heterocycles. The van der Waals surface area contributed by atoms with E-state index in [0.717, 1.165) is 24.4 Å². The lowest BCUT2D eigenvalue weighted by atomic mass is 10.0. The summed E-state index contributed by atoms with van der Waals surface area (Å²) in [5.41, 5.74) is 2.13. The number of H-pyrrole nitrogens is 1. The van der Waals surface area contributed by atoms with Gasteiger partial charge in [0.1, 0.15) is 0 Å². The van der Waals surface area contributed by atoms with Gasteiger partial charge < -0.3 is 10.4 Å². The number of β-amino-alcohol motifs (C(OH)–C–C–N with tert-alkyl or cyclic N) is 1. The molecule has 0 aromatic carbocycles. The molecule has 1 aromatic rings. The molecular formula is C9H16ClN3O. The quantitative estimate of drug-likeness (QED) is 0.666. The fraction of sp³-hybridized carbons (Fsp3) is 0.667. The van der Waals surface area contributed by atoms with Crippen molar-refractivity contribution in [1.82, 2.24) is 15.5 Å². The molecule has 1 aromatic heterocycles. The first kappa shape index (κ1) is 11.5. The Hall–Kier alpha value is -0.580. The molecule has 0 unspecified atom stereocenters. The average Bonchev–Trinajstić information content (AvgIpc) is 2.64. The summed E-state index contributed by atoms with van der Waals surface area (Å²) in [4.78, 5) is 0. The fourth-order valence-corrected chi connectivity index (χ4v) is 1.78. The van der Waals surface area contributed by atoms with Gasteiger partial charge in [-0.3, -0.25) is 5.10 Å². The van der Waals surface area contributed by atoms with Gasteiger partial charge in [0.2, 0.25) is 0 Å². The van der Waals surface area contributed by atoms with Crippen LogP contribution in [0.25, 0.3) is 0 Å². The second-order valence-electron chi connectivity index (χ2n) is 3.73. The molecule has 80 valence electrons. The van der Waals surface area contributed by atoms with Crippen LogP contribution >= 0.6 is 12.4 Å². The van der Waals surface area contributed by atoms with Crippen molar-refractivity contribution in [3.8, 4) is 0 Å². The number of aromatic amines is 1. The van der Waals surface area contributed by atoms with Crippen molar-refractivity contribution >= 4 is 12.4 Å². The molecule has 1 fully saturated rings. The van der Waals surface area contributed by atoms with Crippen LogP contribution in [0.1, 0.15) is 11.4 Å². The van der Waals surface area contributed by atoms with Crippen LogP contribution in [0.4, 0.5) is 0 Å². The number of aromatic nitrogens is 2. The van der Waals surface area contributed by atoms with E-state index in [4.69, 9.17) is 0 Å². The van der Waals surface area contributed by atoms with Gasteiger partial charge in [0.15, 0.2) is 0 Å². The highest BCUT2D eigenvalue weighted by atomic mass is 35.5. The summed E-state index contributed by atoms with van der Waals surface area (Å²) in [5, 5.41) is 19.8. The Morgan fingerprint density at radius 2 is 2.36 bits per heavy atom. The van der Waals surface area contributed by atoms with Crippen molar-refractivity contribution in [2.24, 2.45) is 5.92 Å². The molecule has 5 heteroatoms. The highest BCUT2D eigenvalue weighted by Gasteiger charge is 2.25.